The Labute approximate surface area is 159 Å². The van der Waals surface area contributed by atoms with Crippen molar-refractivity contribution in [3.63, 3.8) is 0 Å². The number of hydrogen-bond acceptors (Lipinski definition) is 8. The van der Waals surface area contributed by atoms with Crippen molar-refractivity contribution in [1.82, 2.24) is 15.2 Å². The molecule has 0 aliphatic heterocycles. The monoisotopic (exact) mass is 389 g/mol. The molecule has 0 saturated heterocycles. The SMILES string of the molecule is Cc1ccc(NCc2nnc(SCC(=O)Nc3ncc(C)s3)o2)c(C)c1. The van der Waals surface area contributed by atoms with E-state index in [0.29, 0.717) is 22.8 Å². The van der Waals surface area contributed by atoms with Gasteiger partial charge in [-0.15, -0.1) is 21.5 Å². The van der Waals surface area contributed by atoms with E-state index in [1.54, 1.807) is 6.20 Å². The Bertz CT molecular complexity index is 906. The second kappa shape index (κ2) is 8.33. The second-order valence-corrected chi connectivity index (χ2v) is 7.91. The van der Waals surface area contributed by atoms with Crippen LogP contribution in [0.4, 0.5) is 10.8 Å². The minimum absolute atomic E-state index is 0.155. The molecule has 2 N–H and O–H groups in total. The van der Waals surface area contributed by atoms with Gasteiger partial charge in [-0.05, 0) is 32.4 Å². The van der Waals surface area contributed by atoms with Crippen LogP contribution in [0, 0.1) is 20.8 Å². The van der Waals surface area contributed by atoms with Gasteiger partial charge in [0.25, 0.3) is 5.22 Å². The maximum atomic E-state index is 11.9. The van der Waals surface area contributed by atoms with Crippen LogP contribution in [0.15, 0.2) is 34.0 Å². The number of amides is 1. The number of anilines is 2. The molecule has 1 amide bonds. The van der Waals surface area contributed by atoms with Crippen molar-refractivity contribution in [1.29, 1.82) is 0 Å². The number of carbonyl (C=O) groups is 1. The number of thiazole rings is 1. The topological polar surface area (TPSA) is 92.9 Å². The average molecular weight is 390 g/mol. The number of carbonyl (C=O) groups excluding carboxylic acids is 1. The van der Waals surface area contributed by atoms with Gasteiger partial charge >= 0.3 is 0 Å². The van der Waals surface area contributed by atoms with E-state index in [9.17, 15) is 4.79 Å². The van der Waals surface area contributed by atoms with Crippen LogP contribution in [-0.4, -0.2) is 26.8 Å². The summed E-state index contributed by atoms with van der Waals surface area (Å²) in [6.07, 6.45) is 1.72. The number of nitrogens with one attached hydrogen (secondary N) is 2. The summed E-state index contributed by atoms with van der Waals surface area (Å²) in [6, 6.07) is 6.19. The van der Waals surface area contributed by atoms with Crippen LogP contribution in [0.25, 0.3) is 0 Å². The number of hydrogen-bond donors (Lipinski definition) is 2. The number of nitrogens with zero attached hydrogens (tertiary/aromatic N) is 3. The minimum Gasteiger partial charge on any atom is -0.414 e. The quantitative estimate of drug-likeness (QED) is 0.594. The molecular formula is C17H19N5O2S2. The van der Waals surface area contributed by atoms with Crippen molar-refractivity contribution in [3.8, 4) is 0 Å². The highest BCUT2D eigenvalue weighted by atomic mass is 32.2. The Morgan fingerprint density at radius 2 is 2.12 bits per heavy atom. The second-order valence-electron chi connectivity index (χ2n) is 5.75. The van der Waals surface area contributed by atoms with Crippen molar-refractivity contribution in [2.45, 2.75) is 32.5 Å². The first-order valence-corrected chi connectivity index (χ1v) is 9.78. The first-order chi connectivity index (χ1) is 12.5. The maximum Gasteiger partial charge on any atom is 0.277 e. The van der Waals surface area contributed by atoms with E-state index in [0.717, 1.165) is 16.1 Å². The third kappa shape index (κ3) is 5.06. The van der Waals surface area contributed by atoms with E-state index >= 15 is 0 Å². The Hall–Kier alpha value is -2.39. The Morgan fingerprint density at radius 1 is 1.27 bits per heavy atom. The molecule has 26 heavy (non-hydrogen) atoms. The summed E-state index contributed by atoms with van der Waals surface area (Å²) >= 11 is 2.64. The van der Waals surface area contributed by atoms with E-state index in [-0.39, 0.29) is 11.7 Å². The molecule has 136 valence electrons. The molecule has 3 aromatic rings. The standard InChI is InChI=1S/C17H19N5O2S2/c1-10-4-5-13(11(2)6-10)18-8-15-21-22-17(24-15)25-9-14(23)20-16-19-7-12(3)26-16/h4-7,18H,8-9H2,1-3H3,(H,19,20,23). The van der Waals surface area contributed by atoms with Crippen molar-refractivity contribution in [2.24, 2.45) is 0 Å². The molecule has 0 aliphatic carbocycles. The summed E-state index contributed by atoms with van der Waals surface area (Å²) in [7, 11) is 0. The van der Waals surface area contributed by atoms with Gasteiger partial charge in [0.05, 0.1) is 12.3 Å². The summed E-state index contributed by atoms with van der Waals surface area (Å²) in [6.45, 7) is 6.48. The molecule has 2 heterocycles. The summed E-state index contributed by atoms with van der Waals surface area (Å²) in [4.78, 5) is 17.1. The van der Waals surface area contributed by atoms with Gasteiger partial charge < -0.3 is 15.1 Å². The van der Waals surface area contributed by atoms with E-state index < -0.39 is 0 Å². The van der Waals surface area contributed by atoms with Crippen LogP contribution < -0.4 is 10.6 Å². The molecule has 0 atom stereocenters. The van der Waals surface area contributed by atoms with Gasteiger partial charge in [0.1, 0.15) is 0 Å². The Kier molecular flexibility index (Phi) is 5.89. The van der Waals surface area contributed by atoms with Gasteiger partial charge in [0.2, 0.25) is 11.8 Å². The third-order valence-electron chi connectivity index (χ3n) is 3.45. The first-order valence-electron chi connectivity index (χ1n) is 7.98. The van der Waals surface area contributed by atoms with Crippen LogP contribution in [0.1, 0.15) is 21.9 Å². The molecule has 0 aliphatic rings. The molecule has 9 heteroatoms. The lowest BCUT2D eigenvalue weighted by atomic mass is 10.1. The first kappa shape index (κ1) is 18.4. The van der Waals surface area contributed by atoms with Gasteiger partial charge in [0, 0.05) is 16.8 Å². The van der Waals surface area contributed by atoms with Gasteiger partial charge in [0.15, 0.2) is 5.13 Å². The van der Waals surface area contributed by atoms with Crippen molar-refractivity contribution in [2.75, 3.05) is 16.4 Å². The largest absolute Gasteiger partial charge is 0.414 e. The number of aryl methyl sites for hydroxylation is 3. The molecule has 7 nitrogen and oxygen atoms in total. The van der Waals surface area contributed by atoms with Crippen LogP contribution in [0.2, 0.25) is 0 Å². The third-order valence-corrected chi connectivity index (χ3v) is 5.10. The van der Waals surface area contributed by atoms with Crippen LogP contribution >= 0.6 is 23.1 Å². The molecule has 3 rings (SSSR count). The van der Waals surface area contributed by atoms with Crippen molar-refractivity contribution >= 4 is 39.8 Å². The zero-order chi connectivity index (χ0) is 18.5. The average Bonchev–Trinajstić information content (AvgIpc) is 3.21. The lowest BCUT2D eigenvalue weighted by Crippen LogP contribution is -2.13. The fraction of sp³-hybridized carbons (Fsp3) is 0.294. The lowest BCUT2D eigenvalue weighted by molar-refractivity contribution is -0.113. The summed E-state index contributed by atoms with van der Waals surface area (Å²) in [5.41, 5.74) is 3.41. The number of thioether (sulfide) groups is 1. The summed E-state index contributed by atoms with van der Waals surface area (Å²) in [5, 5.41) is 14.9. The van der Waals surface area contributed by atoms with Crippen LogP contribution in [0.5, 0.6) is 0 Å². The molecule has 0 radical (unpaired) electrons. The normalized spacial score (nSPS) is 10.7. The molecule has 0 bridgehead atoms. The van der Waals surface area contributed by atoms with E-state index in [4.69, 9.17) is 4.42 Å². The predicted octanol–water partition coefficient (Wildman–Crippen LogP) is 3.79. The smallest absolute Gasteiger partial charge is 0.277 e. The van der Waals surface area contributed by atoms with Gasteiger partial charge in [-0.1, -0.05) is 29.5 Å². The molecule has 0 unspecified atom stereocenters. The fourth-order valence-corrected chi connectivity index (χ4v) is 3.51. The number of aromatic nitrogens is 3. The molecule has 1 aromatic carbocycles. The maximum absolute atomic E-state index is 11.9. The van der Waals surface area contributed by atoms with Gasteiger partial charge in [-0.2, -0.15) is 0 Å². The molecule has 0 spiro atoms. The number of benzene rings is 1. The van der Waals surface area contributed by atoms with Crippen molar-refractivity contribution in [3.05, 3.63) is 46.3 Å². The van der Waals surface area contributed by atoms with E-state index in [1.807, 2.05) is 26.0 Å². The highest BCUT2D eigenvalue weighted by molar-refractivity contribution is 7.99. The predicted molar refractivity (Wildman–Crippen MR) is 104 cm³/mol. The molecule has 2 aromatic heterocycles. The fourth-order valence-electron chi connectivity index (χ4n) is 2.25. The van der Waals surface area contributed by atoms with Gasteiger partial charge in [-0.3, -0.25) is 4.79 Å². The zero-order valence-corrected chi connectivity index (χ0v) is 16.3. The van der Waals surface area contributed by atoms with Crippen LogP contribution in [-0.2, 0) is 11.3 Å². The van der Waals surface area contributed by atoms with E-state index in [2.05, 4.69) is 38.8 Å². The highest BCUT2D eigenvalue weighted by Crippen LogP contribution is 2.20. The Morgan fingerprint density at radius 3 is 2.85 bits per heavy atom. The molecule has 0 fully saturated rings. The zero-order valence-electron chi connectivity index (χ0n) is 14.7. The lowest BCUT2D eigenvalue weighted by Gasteiger charge is -2.07. The number of rotatable bonds is 7. The van der Waals surface area contributed by atoms with Gasteiger partial charge in [-0.25, -0.2) is 4.98 Å². The molecular weight excluding hydrogens is 370 g/mol. The van der Waals surface area contributed by atoms with Crippen LogP contribution in [0.3, 0.4) is 0 Å². The van der Waals surface area contributed by atoms with E-state index in [1.165, 1.54) is 28.7 Å². The molecule has 0 saturated carbocycles. The summed E-state index contributed by atoms with van der Waals surface area (Å²) in [5.74, 6) is 0.506. The Balaban J connectivity index is 1.47. The summed E-state index contributed by atoms with van der Waals surface area (Å²) < 4.78 is 5.56. The highest BCUT2D eigenvalue weighted by Gasteiger charge is 2.11. The van der Waals surface area contributed by atoms with Crippen molar-refractivity contribution < 1.29 is 9.21 Å². The minimum atomic E-state index is -0.155.